The number of aromatic nitrogens is 1. The third kappa shape index (κ3) is 2.74. The Bertz CT molecular complexity index is 1060. The van der Waals surface area contributed by atoms with Crippen LogP contribution in [-0.4, -0.2) is 18.2 Å². The van der Waals surface area contributed by atoms with Crippen molar-refractivity contribution in [1.29, 1.82) is 0 Å². The molecule has 26 heavy (non-hydrogen) atoms. The monoisotopic (exact) mass is 344 g/mol. The minimum absolute atomic E-state index is 0.237. The van der Waals surface area contributed by atoms with Gasteiger partial charge in [0.1, 0.15) is 5.75 Å². The maximum absolute atomic E-state index is 6.24. The summed E-state index contributed by atoms with van der Waals surface area (Å²) in [4.78, 5) is 0. The highest BCUT2D eigenvalue weighted by atomic mass is 16.5. The Morgan fingerprint density at radius 2 is 1.69 bits per heavy atom. The van der Waals surface area contributed by atoms with Gasteiger partial charge >= 0.3 is 0 Å². The number of para-hydroxylation sites is 1. The van der Waals surface area contributed by atoms with Gasteiger partial charge in [-0.15, -0.1) is 0 Å². The second kappa shape index (κ2) is 6.85. The number of aryl methyl sites for hydroxylation is 1. The van der Waals surface area contributed by atoms with Crippen LogP contribution in [0.2, 0.25) is 0 Å². The number of nitrogens with two attached hydrogens (primary N) is 1. The van der Waals surface area contributed by atoms with E-state index < -0.39 is 0 Å². The second-order valence-electron chi connectivity index (χ2n) is 6.82. The highest BCUT2D eigenvalue weighted by molar-refractivity contribution is 5.88. The molecule has 0 radical (unpaired) electrons. The summed E-state index contributed by atoms with van der Waals surface area (Å²) in [5.41, 5.74) is 10.0. The van der Waals surface area contributed by atoms with Crippen molar-refractivity contribution in [1.82, 2.24) is 4.57 Å². The number of rotatable bonds is 5. The van der Waals surface area contributed by atoms with E-state index in [0.717, 1.165) is 12.2 Å². The molecule has 4 aromatic rings. The Morgan fingerprint density at radius 1 is 0.962 bits per heavy atom. The minimum Gasteiger partial charge on any atom is -0.496 e. The van der Waals surface area contributed by atoms with Gasteiger partial charge in [0.05, 0.1) is 7.11 Å². The van der Waals surface area contributed by atoms with Crippen LogP contribution in [0.5, 0.6) is 5.75 Å². The van der Waals surface area contributed by atoms with Gasteiger partial charge in [0, 0.05) is 35.6 Å². The molecule has 2 N–H and O–H groups in total. The van der Waals surface area contributed by atoms with Gasteiger partial charge in [-0.25, -0.2) is 0 Å². The van der Waals surface area contributed by atoms with Crippen molar-refractivity contribution in [2.24, 2.45) is 12.8 Å². The molecule has 0 saturated carbocycles. The zero-order chi connectivity index (χ0) is 18.1. The number of methoxy groups -OCH3 is 1. The first kappa shape index (κ1) is 16.7. The van der Waals surface area contributed by atoms with Crippen molar-refractivity contribution in [2.75, 3.05) is 13.7 Å². The van der Waals surface area contributed by atoms with Crippen LogP contribution in [0.4, 0.5) is 0 Å². The van der Waals surface area contributed by atoms with Crippen molar-refractivity contribution in [3.05, 3.63) is 78.0 Å². The average Bonchev–Trinajstić information content (AvgIpc) is 3.03. The fourth-order valence-corrected chi connectivity index (χ4v) is 3.98. The van der Waals surface area contributed by atoms with E-state index in [1.54, 1.807) is 7.11 Å². The van der Waals surface area contributed by atoms with Crippen molar-refractivity contribution in [2.45, 2.75) is 12.3 Å². The van der Waals surface area contributed by atoms with Gasteiger partial charge in [0.25, 0.3) is 0 Å². The summed E-state index contributed by atoms with van der Waals surface area (Å²) in [7, 11) is 3.83. The number of fused-ring (bicyclic) bond motifs is 2. The Balaban J connectivity index is 1.83. The molecular weight excluding hydrogens is 320 g/mol. The number of nitrogens with zero attached hydrogens (tertiary/aromatic N) is 1. The Labute approximate surface area is 154 Å². The van der Waals surface area contributed by atoms with Crippen LogP contribution in [-0.2, 0) is 13.5 Å². The molecule has 3 heteroatoms. The van der Waals surface area contributed by atoms with Crippen molar-refractivity contribution < 1.29 is 4.74 Å². The maximum atomic E-state index is 6.24. The number of hydrogen-bond donors (Lipinski definition) is 1. The molecule has 132 valence electrons. The molecule has 1 atom stereocenters. The van der Waals surface area contributed by atoms with Crippen LogP contribution in [0.3, 0.4) is 0 Å². The van der Waals surface area contributed by atoms with Crippen LogP contribution in [0.25, 0.3) is 21.7 Å². The third-order valence-corrected chi connectivity index (χ3v) is 5.32. The van der Waals surface area contributed by atoms with E-state index in [2.05, 4.69) is 78.5 Å². The topological polar surface area (TPSA) is 40.2 Å². The molecule has 0 bridgehead atoms. The molecule has 0 aliphatic rings. The molecule has 3 aromatic carbocycles. The van der Waals surface area contributed by atoms with E-state index in [9.17, 15) is 0 Å². The molecule has 0 amide bonds. The fraction of sp³-hybridized carbons (Fsp3) is 0.217. The predicted octanol–water partition coefficient (Wildman–Crippen LogP) is 4.63. The van der Waals surface area contributed by atoms with Crippen molar-refractivity contribution >= 4 is 21.7 Å². The Morgan fingerprint density at radius 3 is 2.46 bits per heavy atom. The molecule has 4 rings (SSSR count). The van der Waals surface area contributed by atoms with Gasteiger partial charge in [0.15, 0.2) is 0 Å². The van der Waals surface area contributed by atoms with Crippen LogP contribution in [0.1, 0.15) is 17.0 Å². The van der Waals surface area contributed by atoms with Gasteiger partial charge in [-0.05, 0) is 41.4 Å². The lowest BCUT2D eigenvalue weighted by atomic mass is 9.89. The first-order valence-corrected chi connectivity index (χ1v) is 9.01. The van der Waals surface area contributed by atoms with Crippen molar-refractivity contribution in [3.63, 3.8) is 0 Å². The van der Waals surface area contributed by atoms with Gasteiger partial charge < -0.3 is 15.0 Å². The number of hydrogen-bond acceptors (Lipinski definition) is 2. The van der Waals surface area contributed by atoms with E-state index in [0.29, 0.717) is 6.54 Å². The summed E-state index contributed by atoms with van der Waals surface area (Å²) in [5, 5.41) is 3.76. The summed E-state index contributed by atoms with van der Waals surface area (Å²) in [5.74, 6) is 1.17. The van der Waals surface area contributed by atoms with Crippen molar-refractivity contribution in [3.8, 4) is 5.75 Å². The van der Waals surface area contributed by atoms with E-state index in [-0.39, 0.29) is 5.92 Å². The predicted molar refractivity (Wildman–Crippen MR) is 109 cm³/mol. The van der Waals surface area contributed by atoms with E-state index in [1.807, 2.05) is 0 Å². The van der Waals surface area contributed by atoms with Gasteiger partial charge in [-0.3, -0.25) is 0 Å². The number of benzene rings is 3. The molecule has 1 heterocycles. The molecular formula is C23H24N2O. The highest BCUT2D eigenvalue weighted by Gasteiger charge is 2.19. The molecule has 0 spiro atoms. The van der Waals surface area contributed by atoms with E-state index in [1.165, 1.54) is 32.8 Å². The molecule has 1 unspecified atom stereocenters. The van der Waals surface area contributed by atoms with Crippen LogP contribution >= 0.6 is 0 Å². The fourth-order valence-electron chi connectivity index (χ4n) is 3.98. The Kier molecular flexibility index (Phi) is 4.39. The van der Waals surface area contributed by atoms with E-state index >= 15 is 0 Å². The first-order valence-electron chi connectivity index (χ1n) is 9.01. The second-order valence-corrected chi connectivity index (χ2v) is 6.82. The molecule has 0 aliphatic carbocycles. The van der Waals surface area contributed by atoms with Crippen LogP contribution < -0.4 is 10.5 Å². The lowest BCUT2D eigenvalue weighted by molar-refractivity contribution is 0.409. The summed E-state index contributed by atoms with van der Waals surface area (Å²) in [6.45, 7) is 0.598. The van der Waals surface area contributed by atoms with Gasteiger partial charge in [-0.2, -0.15) is 0 Å². The average molecular weight is 344 g/mol. The number of ether oxygens (including phenoxy) is 1. The SMILES string of the molecule is COc1ccc2ccccc2c1CC(CN)c1cn(C)c2ccccc12. The van der Waals surface area contributed by atoms with Crippen LogP contribution in [0, 0.1) is 0 Å². The zero-order valence-electron chi connectivity index (χ0n) is 15.3. The summed E-state index contributed by atoms with van der Waals surface area (Å²) in [6, 6.07) is 21.2. The molecule has 0 aliphatic heterocycles. The smallest absolute Gasteiger partial charge is 0.122 e. The highest BCUT2D eigenvalue weighted by Crippen LogP contribution is 2.35. The largest absolute Gasteiger partial charge is 0.496 e. The minimum atomic E-state index is 0.237. The Hall–Kier alpha value is -2.78. The molecule has 0 fully saturated rings. The van der Waals surface area contributed by atoms with Gasteiger partial charge in [0.2, 0.25) is 0 Å². The van der Waals surface area contributed by atoms with Gasteiger partial charge in [-0.1, -0.05) is 48.5 Å². The lowest BCUT2D eigenvalue weighted by Gasteiger charge is -2.18. The molecule has 3 nitrogen and oxygen atoms in total. The van der Waals surface area contributed by atoms with E-state index in [4.69, 9.17) is 10.5 Å². The maximum Gasteiger partial charge on any atom is 0.122 e. The third-order valence-electron chi connectivity index (χ3n) is 5.32. The lowest BCUT2D eigenvalue weighted by Crippen LogP contribution is -2.15. The molecule has 1 aromatic heterocycles. The zero-order valence-corrected chi connectivity index (χ0v) is 15.3. The van der Waals surface area contributed by atoms with Crippen LogP contribution in [0.15, 0.2) is 66.9 Å². The summed E-state index contributed by atoms with van der Waals surface area (Å²) < 4.78 is 7.87. The standard InChI is InChI=1S/C23H24N2O/c1-25-15-21(19-9-5-6-10-22(19)25)17(14-24)13-20-18-8-4-3-7-16(18)11-12-23(20)26-2/h3-12,15,17H,13-14,24H2,1-2H3. The summed E-state index contributed by atoms with van der Waals surface area (Å²) >= 11 is 0. The molecule has 0 saturated heterocycles. The quantitative estimate of drug-likeness (QED) is 0.573. The first-order chi connectivity index (χ1) is 12.7. The summed E-state index contributed by atoms with van der Waals surface area (Å²) in [6.07, 6.45) is 3.08. The normalized spacial score (nSPS) is 12.6.